The largest absolute Gasteiger partial charge is 0.0561 e. The molecule has 0 unspecified atom stereocenters. The molecule has 0 radical (unpaired) electrons. The van der Waals surface area contributed by atoms with Crippen molar-refractivity contribution in [3.63, 3.8) is 0 Å². The first kappa shape index (κ1) is 9.76. The van der Waals surface area contributed by atoms with E-state index < -0.39 is 0 Å². The molecule has 0 aliphatic heterocycles. The molecule has 1 fully saturated rings. The lowest BCUT2D eigenvalue weighted by atomic mass is 9.63. The summed E-state index contributed by atoms with van der Waals surface area (Å²) in [5, 5.41) is 0. The highest BCUT2D eigenvalue weighted by molar-refractivity contribution is 5.43. The van der Waals surface area contributed by atoms with Gasteiger partial charge in [-0.2, -0.15) is 0 Å². The summed E-state index contributed by atoms with van der Waals surface area (Å²) in [4.78, 5) is 0. The second-order valence-corrected chi connectivity index (χ2v) is 5.19. The van der Waals surface area contributed by atoms with E-state index in [1.807, 2.05) is 0 Å². The molecule has 0 spiro atoms. The van der Waals surface area contributed by atoms with E-state index in [1.54, 1.807) is 5.56 Å². The Bertz CT molecular complexity index is 333. The van der Waals surface area contributed by atoms with Crippen molar-refractivity contribution >= 4 is 0 Å². The molecule has 14 heavy (non-hydrogen) atoms. The van der Waals surface area contributed by atoms with Crippen molar-refractivity contribution in [3.8, 4) is 0 Å². The van der Waals surface area contributed by atoms with Gasteiger partial charge in [0, 0.05) is 0 Å². The molecular weight excluding hydrogens is 168 g/mol. The molecule has 0 nitrogen and oxygen atoms in total. The van der Waals surface area contributed by atoms with Crippen LogP contribution in [0.3, 0.4) is 0 Å². The average Bonchev–Trinajstić information content (AvgIpc) is 1.99. The number of benzene rings is 1. The minimum absolute atomic E-state index is 0.488. The maximum absolute atomic E-state index is 2.42. The number of hydrogen-bond donors (Lipinski definition) is 0. The molecule has 1 saturated carbocycles. The second-order valence-electron chi connectivity index (χ2n) is 5.19. The summed E-state index contributed by atoms with van der Waals surface area (Å²) in [5.74, 6) is 0. The summed E-state index contributed by atoms with van der Waals surface area (Å²) < 4.78 is 0. The van der Waals surface area contributed by atoms with Crippen molar-refractivity contribution in [1.82, 2.24) is 0 Å². The lowest BCUT2D eigenvalue weighted by Gasteiger charge is -2.41. The minimum atomic E-state index is 0.488. The Balaban J connectivity index is 2.52. The Morgan fingerprint density at radius 1 is 1.00 bits per heavy atom. The predicted octanol–water partition coefficient (Wildman–Crippen LogP) is 4.05. The van der Waals surface area contributed by atoms with Crippen LogP contribution in [-0.4, -0.2) is 0 Å². The summed E-state index contributed by atoms with van der Waals surface area (Å²) in [6.45, 7) is 9.13. The molecule has 1 aliphatic rings. The van der Waals surface area contributed by atoms with Gasteiger partial charge in [-0.1, -0.05) is 31.0 Å². The van der Waals surface area contributed by atoms with Crippen LogP contribution in [0.5, 0.6) is 0 Å². The van der Waals surface area contributed by atoms with Crippen LogP contribution in [0.1, 0.15) is 48.4 Å². The van der Waals surface area contributed by atoms with Gasteiger partial charge in [-0.15, -0.1) is 0 Å². The Labute approximate surface area is 87.3 Å². The van der Waals surface area contributed by atoms with E-state index in [-0.39, 0.29) is 0 Å². The molecule has 0 heteroatoms. The highest BCUT2D eigenvalue weighted by atomic mass is 14.4. The van der Waals surface area contributed by atoms with Gasteiger partial charge in [0.1, 0.15) is 0 Å². The topological polar surface area (TPSA) is 0 Å². The normalized spacial score (nSPS) is 19.1. The van der Waals surface area contributed by atoms with E-state index in [1.165, 1.54) is 36.0 Å². The third-order valence-corrected chi connectivity index (χ3v) is 3.74. The smallest absolute Gasteiger partial charge is 0.00700 e. The average molecular weight is 188 g/mol. The quantitative estimate of drug-likeness (QED) is 0.623. The lowest BCUT2D eigenvalue weighted by molar-refractivity contribution is 0.269. The Morgan fingerprint density at radius 2 is 1.50 bits per heavy atom. The van der Waals surface area contributed by atoms with Crippen molar-refractivity contribution in [2.75, 3.05) is 0 Å². The van der Waals surface area contributed by atoms with Crippen LogP contribution >= 0.6 is 0 Å². The summed E-state index contributed by atoms with van der Waals surface area (Å²) in [5.41, 5.74) is 6.48. The van der Waals surface area contributed by atoms with Crippen LogP contribution < -0.4 is 0 Å². The third-order valence-electron chi connectivity index (χ3n) is 3.74. The fourth-order valence-electron chi connectivity index (χ4n) is 3.09. The van der Waals surface area contributed by atoms with Crippen LogP contribution in [0.15, 0.2) is 12.1 Å². The minimum Gasteiger partial charge on any atom is -0.0561 e. The van der Waals surface area contributed by atoms with Crippen LogP contribution in [0.2, 0.25) is 0 Å². The molecule has 1 aromatic carbocycles. The zero-order valence-corrected chi connectivity index (χ0v) is 9.78. The van der Waals surface area contributed by atoms with Gasteiger partial charge in [0.25, 0.3) is 0 Å². The SMILES string of the molecule is Cc1cc(C)c(C2(C)CCC2)c(C)c1. The molecule has 1 aromatic rings. The van der Waals surface area contributed by atoms with Gasteiger partial charge in [0.15, 0.2) is 0 Å². The van der Waals surface area contributed by atoms with Crippen LogP contribution in [0.25, 0.3) is 0 Å². The fourth-order valence-corrected chi connectivity index (χ4v) is 3.09. The maximum atomic E-state index is 2.42. The molecule has 0 heterocycles. The van der Waals surface area contributed by atoms with Gasteiger partial charge in [-0.25, -0.2) is 0 Å². The van der Waals surface area contributed by atoms with Gasteiger partial charge in [0.2, 0.25) is 0 Å². The summed E-state index contributed by atoms with van der Waals surface area (Å²) >= 11 is 0. The highest BCUT2D eigenvalue weighted by Gasteiger charge is 2.35. The van der Waals surface area contributed by atoms with E-state index in [0.29, 0.717) is 5.41 Å². The molecule has 76 valence electrons. The van der Waals surface area contributed by atoms with Crippen molar-refractivity contribution in [3.05, 3.63) is 34.4 Å². The molecule has 1 aliphatic carbocycles. The van der Waals surface area contributed by atoms with Gasteiger partial charge in [0.05, 0.1) is 0 Å². The Kier molecular flexibility index (Phi) is 2.17. The number of aryl methyl sites for hydroxylation is 3. The Morgan fingerprint density at radius 3 is 1.86 bits per heavy atom. The fraction of sp³-hybridized carbons (Fsp3) is 0.571. The maximum Gasteiger partial charge on any atom is -0.00700 e. The lowest BCUT2D eigenvalue weighted by Crippen LogP contribution is -2.32. The number of rotatable bonds is 1. The zero-order valence-electron chi connectivity index (χ0n) is 9.78. The van der Waals surface area contributed by atoms with Crippen LogP contribution in [0, 0.1) is 20.8 Å². The standard InChI is InChI=1S/C14H20/c1-10-8-11(2)13(12(3)9-10)14(4)6-5-7-14/h8-9H,5-7H2,1-4H3. The van der Waals surface area contributed by atoms with Gasteiger partial charge >= 0.3 is 0 Å². The summed E-state index contributed by atoms with van der Waals surface area (Å²) in [6, 6.07) is 4.65. The number of hydrogen-bond acceptors (Lipinski definition) is 0. The molecule has 0 bridgehead atoms. The van der Waals surface area contributed by atoms with Crippen molar-refractivity contribution in [2.45, 2.75) is 52.4 Å². The first-order chi connectivity index (χ1) is 6.53. The van der Waals surface area contributed by atoms with E-state index >= 15 is 0 Å². The van der Waals surface area contributed by atoms with E-state index in [9.17, 15) is 0 Å². The van der Waals surface area contributed by atoms with Crippen LogP contribution in [0.4, 0.5) is 0 Å². The van der Waals surface area contributed by atoms with Crippen molar-refractivity contribution < 1.29 is 0 Å². The van der Waals surface area contributed by atoms with E-state index in [4.69, 9.17) is 0 Å². The first-order valence-corrected chi connectivity index (χ1v) is 5.61. The van der Waals surface area contributed by atoms with E-state index in [0.717, 1.165) is 0 Å². The molecule has 0 N–H and O–H groups in total. The summed E-state index contributed by atoms with van der Waals surface area (Å²) in [7, 11) is 0. The molecular formula is C14H20. The van der Waals surface area contributed by atoms with Gasteiger partial charge < -0.3 is 0 Å². The first-order valence-electron chi connectivity index (χ1n) is 5.61. The zero-order chi connectivity index (χ0) is 10.3. The molecule has 0 atom stereocenters. The van der Waals surface area contributed by atoms with Crippen molar-refractivity contribution in [2.24, 2.45) is 0 Å². The van der Waals surface area contributed by atoms with Gasteiger partial charge in [-0.3, -0.25) is 0 Å². The molecule has 0 amide bonds. The Hall–Kier alpha value is -0.780. The predicted molar refractivity (Wildman–Crippen MR) is 61.9 cm³/mol. The molecule has 0 aromatic heterocycles. The monoisotopic (exact) mass is 188 g/mol. The molecule has 0 saturated heterocycles. The summed E-state index contributed by atoms with van der Waals surface area (Å²) in [6.07, 6.45) is 4.15. The molecule has 2 rings (SSSR count). The van der Waals surface area contributed by atoms with Crippen LogP contribution in [-0.2, 0) is 5.41 Å². The highest BCUT2D eigenvalue weighted by Crippen LogP contribution is 2.45. The van der Waals surface area contributed by atoms with Crippen molar-refractivity contribution in [1.29, 1.82) is 0 Å². The third kappa shape index (κ3) is 1.37. The van der Waals surface area contributed by atoms with E-state index in [2.05, 4.69) is 39.8 Å². The van der Waals surface area contributed by atoms with Gasteiger partial charge in [-0.05, 0) is 55.7 Å². The second kappa shape index (κ2) is 3.12.